The molecule has 1 rings (SSSR count). The standard InChI is InChI=1S/C9H12N2S.C2H6/c1-6-3-4-7(2)8(5-6)11-9(10)12;1-2/h3-5H,1-2H3,(H3,10,11,12);1-2H3. The van der Waals surface area contributed by atoms with Crippen LogP contribution in [0.5, 0.6) is 0 Å². The molecular formula is C11H18N2S. The van der Waals surface area contributed by atoms with Gasteiger partial charge in [-0.2, -0.15) is 0 Å². The third-order valence-corrected chi connectivity index (χ3v) is 1.75. The van der Waals surface area contributed by atoms with Crippen molar-refractivity contribution in [3.8, 4) is 0 Å². The summed E-state index contributed by atoms with van der Waals surface area (Å²) < 4.78 is 0. The molecule has 2 nitrogen and oxygen atoms in total. The van der Waals surface area contributed by atoms with Crippen molar-refractivity contribution in [2.24, 2.45) is 5.73 Å². The molecule has 0 unspecified atom stereocenters. The van der Waals surface area contributed by atoms with E-state index < -0.39 is 0 Å². The first-order valence-electron chi connectivity index (χ1n) is 4.73. The lowest BCUT2D eigenvalue weighted by atomic mass is 10.1. The fourth-order valence-electron chi connectivity index (χ4n) is 1.00. The molecule has 14 heavy (non-hydrogen) atoms. The molecule has 0 aromatic heterocycles. The first-order chi connectivity index (χ1) is 6.59. The van der Waals surface area contributed by atoms with Crippen LogP contribution in [0.4, 0.5) is 5.69 Å². The Kier molecular flexibility index (Phi) is 5.88. The number of nitrogens with one attached hydrogen (secondary N) is 1. The van der Waals surface area contributed by atoms with Crippen LogP contribution in [0, 0.1) is 13.8 Å². The van der Waals surface area contributed by atoms with E-state index >= 15 is 0 Å². The lowest BCUT2D eigenvalue weighted by Gasteiger charge is -2.07. The number of benzene rings is 1. The second kappa shape index (κ2) is 6.38. The Bertz CT molecular complexity index is 308. The Morgan fingerprint density at radius 1 is 1.29 bits per heavy atom. The Hall–Kier alpha value is -1.09. The molecule has 0 aliphatic carbocycles. The van der Waals surface area contributed by atoms with Crippen LogP contribution in [-0.4, -0.2) is 5.11 Å². The maximum absolute atomic E-state index is 5.36. The molecule has 0 fully saturated rings. The fourth-order valence-corrected chi connectivity index (χ4v) is 1.11. The SMILES string of the molecule is CC.Cc1ccc(C)c(NC(N)=S)c1. The molecule has 0 bridgehead atoms. The topological polar surface area (TPSA) is 38.0 Å². The van der Waals surface area contributed by atoms with Gasteiger partial charge in [-0.05, 0) is 43.3 Å². The molecule has 78 valence electrons. The maximum atomic E-state index is 5.36. The van der Waals surface area contributed by atoms with Gasteiger partial charge in [0.2, 0.25) is 0 Å². The van der Waals surface area contributed by atoms with E-state index in [9.17, 15) is 0 Å². The monoisotopic (exact) mass is 210 g/mol. The highest BCUT2D eigenvalue weighted by molar-refractivity contribution is 7.80. The zero-order chi connectivity index (χ0) is 11.1. The highest BCUT2D eigenvalue weighted by Gasteiger charge is 1.97. The zero-order valence-electron chi connectivity index (χ0n) is 9.22. The normalized spacial score (nSPS) is 8.57. The molecule has 1 aromatic rings. The van der Waals surface area contributed by atoms with Crippen LogP contribution in [0.1, 0.15) is 25.0 Å². The maximum Gasteiger partial charge on any atom is 0.168 e. The van der Waals surface area contributed by atoms with E-state index in [0.717, 1.165) is 11.3 Å². The summed E-state index contributed by atoms with van der Waals surface area (Å²) in [5.74, 6) is 0. The molecule has 0 saturated carbocycles. The van der Waals surface area contributed by atoms with Gasteiger partial charge in [-0.3, -0.25) is 0 Å². The lowest BCUT2D eigenvalue weighted by Crippen LogP contribution is -2.19. The zero-order valence-corrected chi connectivity index (χ0v) is 10.0. The molecule has 0 atom stereocenters. The third kappa shape index (κ3) is 4.23. The van der Waals surface area contributed by atoms with Gasteiger partial charge < -0.3 is 11.1 Å². The minimum atomic E-state index is 0.309. The number of thiocarbonyl (C=S) groups is 1. The van der Waals surface area contributed by atoms with Crippen molar-refractivity contribution >= 4 is 23.0 Å². The van der Waals surface area contributed by atoms with E-state index in [2.05, 4.69) is 11.4 Å². The lowest BCUT2D eigenvalue weighted by molar-refractivity contribution is 1.39. The van der Waals surface area contributed by atoms with Gasteiger partial charge in [-0.1, -0.05) is 26.0 Å². The molecule has 0 radical (unpaired) electrons. The number of anilines is 1. The van der Waals surface area contributed by atoms with Gasteiger partial charge in [0.25, 0.3) is 0 Å². The van der Waals surface area contributed by atoms with Crippen molar-refractivity contribution in [2.75, 3.05) is 5.32 Å². The highest BCUT2D eigenvalue weighted by atomic mass is 32.1. The molecule has 3 heteroatoms. The predicted octanol–water partition coefficient (Wildman–Crippen LogP) is 2.99. The van der Waals surface area contributed by atoms with Crippen LogP contribution in [0.3, 0.4) is 0 Å². The first kappa shape index (κ1) is 12.9. The Labute approximate surface area is 91.5 Å². The number of aryl methyl sites for hydroxylation is 2. The van der Waals surface area contributed by atoms with E-state index in [1.165, 1.54) is 5.56 Å². The Morgan fingerprint density at radius 3 is 2.36 bits per heavy atom. The molecule has 3 N–H and O–H groups in total. The summed E-state index contributed by atoms with van der Waals surface area (Å²) >= 11 is 4.75. The Morgan fingerprint density at radius 2 is 1.86 bits per heavy atom. The minimum absolute atomic E-state index is 0.309. The van der Waals surface area contributed by atoms with Gasteiger partial charge in [-0.15, -0.1) is 0 Å². The van der Waals surface area contributed by atoms with E-state index in [1.54, 1.807) is 0 Å². The molecule has 0 amide bonds. The second-order valence-corrected chi connectivity index (χ2v) is 3.25. The number of rotatable bonds is 1. The summed E-state index contributed by atoms with van der Waals surface area (Å²) in [7, 11) is 0. The van der Waals surface area contributed by atoms with Crippen LogP contribution in [0.15, 0.2) is 18.2 Å². The average molecular weight is 210 g/mol. The van der Waals surface area contributed by atoms with E-state index in [-0.39, 0.29) is 0 Å². The largest absolute Gasteiger partial charge is 0.376 e. The minimum Gasteiger partial charge on any atom is -0.376 e. The fraction of sp³-hybridized carbons (Fsp3) is 0.364. The van der Waals surface area contributed by atoms with Crippen molar-refractivity contribution in [1.82, 2.24) is 0 Å². The molecule has 0 aliphatic heterocycles. The summed E-state index contributed by atoms with van der Waals surface area (Å²) in [6, 6.07) is 6.12. The van der Waals surface area contributed by atoms with Crippen molar-refractivity contribution in [3.63, 3.8) is 0 Å². The van der Waals surface area contributed by atoms with Gasteiger partial charge in [0, 0.05) is 5.69 Å². The molecular weight excluding hydrogens is 192 g/mol. The first-order valence-corrected chi connectivity index (χ1v) is 5.14. The highest BCUT2D eigenvalue weighted by Crippen LogP contribution is 2.15. The molecule has 0 aliphatic rings. The summed E-state index contributed by atoms with van der Waals surface area (Å²) in [5.41, 5.74) is 8.69. The van der Waals surface area contributed by atoms with E-state index in [0.29, 0.717) is 5.11 Å². The summed E-state index contributed by atoms with van der Waals surface area (Å²) in [5, 5.41) is 3.23. The van der Waals surface area contributed by atoms with Crippen molar-refractivity contribution in [2.45, 2.75) is 27.7 Å². The quantitative estimate of drug-likeness (QED) is 0.700. The summed E-state index contributed by atoms with van der Waals surface area (Å²) in [4.78, 5) is 0. The van der Waals surface area contributed by atoms with Gasteiger partial charge >= 0.3 is 0 Å². The van der Waals surface area contributed by atoms with E-state index in [1.807, 2.05) is 39.8 Å². The average Bonchev–Trinajstić information content (AvgIpc) is 2.14. The summed E-state index contributed by atoms with van der Waals surface area (Å²) in [6.07, 6.45) is 0. The smallest absolute Gasteiger partial charge is 0.168 e. The van der Waals surface area contributed by atoms with Crippen molar-refractivity contribution < 1.29 is 0 Å². The second-order valence-electron chi connectivity index (χ2n) is 2.81. The van der Waals surface area contributed by atoms with Gasteiger partial charge in [0.05, 0.1) is 0 Å². The van der Waals surface area contributed by atoms with Crippen LogP contribution in [0.2, 0.25) is 0 Å². The molecule has 0 spiro atoms. The van der Waals surface area contributed by atoms with Crippen LogP contribution < -0.4 is 11.1 Å². The molecule has 1 aromatic carbocycles. The van der Waals surface area contributed by atoms with Crippen molar-refractivity contribution in [3.05, 3.63) is 29.3 Å². The van der Waals surface area contributed by atoms with Gasteiger partial charge in [-0.25, -0.2) is 0 Å². The third-order valence-electron chi connectivity index (χ3n) is 1.65. The van der Waals surface area contributed by atoms with Crippen LogP contribution in [0.25, 0.3) is 0 Å². The Balaban J connectivity index is 0.000000791. The number of hydrogen-bond acceptors (Lipinski definition) is 1. The number of nitrogens with two attached hydrogens (primary N) is 1. The van der Waals surface area contributed by atoms with E-state index in [4.69, 9.17) is 18.0 Å². The van der Waals surface area contributed by atoms with Crippen LogP contribution in [-0.2, 0) is 0 Å². The predicted molar refractivity (Wildman–Crippen MR) is 67.7 cm³/mol. The molecule has 0 saturated heterocycles. The number of hydrogen-bond donors (Lipinski definition) is 2. The van der Waals surface area contributed by atoms with Crippen molar-refractivity contribution in [1.29, 1.82) is 0 Å². The van der Waals surface area contributed by atoms with Crippen LogP contribution >= 0.6 is 12.2 Å². The van der Waals surface area contributed by atoms with Gasteiger partial charge in [0.1, 0.15) is 0 Å². The molecule has 0 heterocycles. The van der Waals surface area contributed by atoms with Gasteiger partial charge in [0.15, 0.2) is 5.11 Å². The summed E-state index contributed by atoms with van der Waals surface area (Å²) in [6.45, 7) is 8.05.